The molecule has 0 spiro atoms. The van der Waals surface area contributed by atoms with Gasteiger partial charge in [0.15, 0.2) is 5.76 Å². The van der Waals surface area contributed by atoms with E-state index in [9.17, 15) is 9.00 Å². The molecule has 1 aromatic heterocycles. The number of amides is 1. The molecule has 4 nitrogen and oxygen atoms in total. The van der Waals surface area contributed by atoms with Crippen molar-refractivity contribution in [2.75, 3.05) is 6.54 Å². The van der Waals surface area contributed by atoms with Crippen molar-refractivity contribution in [3.8, 4) is 0 Å². The van der Waals surface area contributed by atoms with E-state index in [-0.39, 0.29) is 17.4 Å². The van der Waals surface area contributed by atoms with Crippen LogP contribution < -0.4 is 5.32 Å². The summed E-state index contributed by atoms with van der Waals surface area (Å²) in [6.45, 7) is 4.81. The van der Waals surface area contributed by atoms with E-state index in [1.54, 1.807) is 36.4 Å². The van der Waals surface area contributed by atoms with Crippen LogP contribution in [0.5, 0.6) is 0 Å². The number of hydrogen-bond donors (Lipinski definition) is 1. The Bertz CT molecular complexity index is 697. The van der Waals surface area contributed by atoms with Crippen molar-refractivity contribution in [1.82, 2.24) is 5.32 Å². The third kappa shape index (κ3) is 5.22. The van der Waals surface area contributed by atoms with Crippen LogP contribution in [0, 0.1) is 5.92 Å². The molecule has 0 fully saturated rings. The van der Waals surface area contributed by atoms with Crippen LogP contribution in [0.15, 0.2) is 45.7 Å². The van der Waals surface area contributed by atoms with Gasteiger partial charge in [0.05, 0.1) is 26.5 Å². The number of benzene rings is 1. The Morgan fingerprint density at radius 3 is 2.70 bits per heavy atom. The molecule has 0 saturated heterocycles. The van der Waals surface area contributed by atoms with E-state index in [1.165, 1.54) is 0 Å². The SMILES string of the molecule is CC(C)CCNC(=O)c1ccc(C[S@](=O)c2ccccc2Cl)o1. The predicted molar refractivity (Wildman–Crippen MR) is 92.1 cm³/mol. The highest BCUT2D eigenvalue weighted by atomic mass is 35.5. The van der Waals surface area contributed by atoms with E-state index in [0.29, 0.717) is 28.1 Å². The molecule has 1 aromatic carbocycles. The average Bonchev–Trinajstić information content (AvgIpc) is 2.95. The minimum absolute atomic E-state index is 0.184. The lowest BCUT2D eigenvalue weighted by Gasteiger charge is -2.05. The molecular weight excluding hydrogens is 334 g/mol. The summed E-state index contributed by atoms with van der Waals surface area (Å²) in [5.41, 5.74) is 0. The van der Waals surface area contributed by atoms with Gasteiger partial charge in [0.2, 0.25) is 0 Å². The van der Waals surface area contributed by atoms with E-state index >= 15 is 0 Å². The Morgan fingerprint density at radius 2 is 2.00 bits per heavy atom. The van der Waals surface area contributed by atoms with Crippen LogP contribution in [0.25, 0.3) is 0 Å². The fourth-order valence-electron chi connectivity index (χ4n) is 1.98. The minimum atomic E-state index is -1.31. The highest BCUT2D eigenvalue weighted by Crippen LogP contribution is 2.22. The molecule has 1 heterocycles. The van der Waals surface area contributed by atoms with Gasteiger partial charge in [-0.05, 0) is 36.6 Å². The Labute approximate surface area is 143 Å². The van der Waals surface area contributed by atoms with Gasteiger partial charge in [-0.15, -0.1) is 0 Å². The first-order valence-corrected chi connectivity index (χ1v) is 9.17. The van der Waals surface area contributed by atoms with Crippen molar-refractivity contribution in [3.63, 3.8) is 0 Å². The summed E-state index contributed by atoms with van der Waals surface area (Å²) in [5, 5.41) is 3.27. The maximum absolute atomic E-state index is 12.3. The molecule has 2 rings (SSSR count). The molecule has 0 saturated carbocycles. The second kappa shape index (κ2) is 8.31. The lowest BCUT2D eigenvalue weighted by Crippen LogP contribution is -2.24. The quantitative estimate of drug-likeness (QED) is 0.817. The molecule has 1 atom stereocenters. The number of rotatable bonds is 7. The zero-order valence-electron chi connectivity index (χ0n) is 13.2. The molecule has 0 aliphatic rings. The molecule has 1 amide bonds. The van der Waals surface area contributed by atoms with Crippen molar-refractivity contribution in [1.29, 1.82) is 0 Å². The summed E-state index contributed by atoms with van der Waals surface area (Å²) in [5.74, 6) is 1.20. The number of carbonyl (C=O) groups excluding carboxylic acids is 1. The molecule has 6 heteroatoms. The van der Waals surface area contributed by atoms with Gasteiger partial charge in [0, 0.05) is 6.54 Å². The second-order valence-corrected chi connectivity index (χ2v) is 7.45. The highest BCUT2D eigenvalue weighted by molar-refractivity contribution is 7.84. The fraction of sp³-hybridized carbons (Fsp3) is 0.353. The molecule has 1 N–H and O–H groups in total. The smallest absolute Gasteiger partial charge is 0.286 e. The predicted octanol–water partition coefficient (Wildman–Crippen LogP) is 4.02. The van der Waals surface area contributed by atoms with Gasteiger partial charge in [-0.3, -0.25) is 9.00 Å². The summed E-state index contributed by atoms with van der Waals surface area (Å²) >= 11 is 6.04. The summed E-state index contributed by atoms with van der Waals surface area (Å²) in [6.07, 6.45) is 0.913. The first kappa shape index (κ1) is 17.8. The highest BCUT2D eigenvalue weighted by Gasteiger charge is 2.14. The van der Waals surface area contributed by atoms with Crippen LogP contribution in [-0.4, -0.2) is 16.7 Å². The van der Waals surface area contributed by atoms with Crippen molar-refractivity contribution in [2.24, 2.45) is 5.92 Å². The van der Waals surface area contributed by atoms with Gasteiger partial charge >= 0.3 is 0 Å². The van der Waals surface area contributed by atoms with Crippen LogP contribution in [0.2, 0.25) is 5.02 Å². The number of furan rings is 1. The molecule has 0 unspecified atom stereocenters. The van der Waals surface area contributed by atoms with E-state index in [4.69, 9.17) is 16.0 Å². The van der Waals surface area contributed by atoms with Crippen LogP contribution >= 0.6 is 11.6 Å². The van der Waals surface area contributed by atoms with Crippen LogP contribution in [0.3, 0.4) is 0 Å². The molecule has 0 bridgehead atoms. The van der Waals surface area contributed by atoms with Crippen molar-refractivity contribution in [3.05, 3.63) is 52.9 Å². The van der Waals surface area contributed by atoms with Gasteiger partial charge in [-0.25, -0.2) is 0 Å². The topological polar surface area (TPSA) is 59.3 Å². The minimum Gasteiger partial charge on any atom is -0.455 e. The van der Waals surface area contributed by atoms with Gasteiger partial charge in [-0.1, -0.05) is 37.6 Å². The monoisotopic (exact) mass is 353 g/mol. The molecule has 0 radical (unpaired) electrons. The normalized spacial score (nSPS) is 12.3. The maximum Gasteiger partial charge on any atom is 0.286 e. The lowest BCUT2D eigenvalue weighted by molar-refractivity contribution is 0.0923. The van der Waals surface area contributed by atoms with E-state index < -0.39 is 10.8 Å². The van der Waals surface area contributed by atoms with Crippen LogP contribution in [0.1, 0.15) is 36.6 Å². The van der Waals surface area contributed by atoms with Crippen molar-refractivity contribution < 1.29 is 13.4 Å². The Morgan fingerprint density at radius 1 is 1.26 bits per heavy atom. The lowest BCUT2D eigenvalue weighted by atomic mass is 10.1. The number of carbonyl (C=O) groups is 1. The molecule has 23 heavy (non-hydrogen) atoms. The first-order chi connectivity index (χ1) is 11.0. The van der Waals surface area contributed by atoms with E-state index in [1.807, 2.05) is 0 Å². The standard InChI is InChI=1S/C17H20ClNO3S/c1-12(2)9-10-19-17(20)15-8-7-13(22-15)11-23(21)16-6-4-3-5-14(16)18/h3-8,12H,9-11H2,1-2H3,(H,19,20)/t23-/m0/s1. The van der Waals surface area contributed by atoms with Crippen molar-refractivity contribution in [2.45, 2.75) is 30.9 Å². The van der Waals surface area contributed by atoms with Crippen LogP contribution in [-0.2, 0) is 16.6 Å². The Kier molecular flexibility index (Phi) is 6.42. The molecule has 124 valence electrons. The van der Waals surface area contributed by atoms with Crippen LogP contribution in [0.4, 0.5) is 0 Å². The largest absolute Gasteiger partial charge is 0.455 e. The molecular formula is C17H20ClNO3S. The zero-order chi connectivity index (χ0) is 16.8. The number of nitrogens with one attached hydrogen (secondary N) is 1. The molecule has 0 aliphatic carbocycles. The summed E-state index contributed by atoms with van der Waals surface area (Å²) in [7, 11) is -1.31. The third-order valence-corrected chi connectivity index (χ3v) is 5.08. The summed E-state index contributed by atoms with van der Waals surface area (Å²) in [4.78, 5) is 12.5. The summed E-state index contributed by atoms with van der Waals surface area (Å²) < 4.78 is 17.8. The molecule has 0 aliphatic heterocycles. The Hall–Kier alpha value is -1.59. The maximum atomic E-state index is 12.3. The molecule has 2 aromatic rings. The summed E-state index contributed by atoms with van der Waals surface area (Å²) in [6, 6.07) is 10.3. The van der Waals surface area contributed by atoms with Gasteiger partial charge in [-0.2, -0.15) is 0 Å². The zero-order valence-corrected chi connectivity index (χ0v) is 14.7. The second-order valence-electron chi connectivity index (χ2n) is 5.62. The van der Waals surface area contributed by atoms with Gasteiger partial charge in [0.25, 0.3) is 5.91 Å². The fourth-order valence-corrected chi connectivity index (χ4v) is 3.45. The first-order valence-electron chi connectivity index (χ1n) is 7.47. The van der Waals surface area contributed by atoms with E-state index in [0.717, 1.165) is 6.42 Å². The third-order valence-electron chi connectivity index (χ3n) is 3.25. The van der Waals surface area contributed by atoms with E-state index in [2.05, 4.69) is 19.2 Å². The number of hydrogen-bond acceptors (Lipinski definition) is 3. The Balaban J connectivity index is 1.95. The van der Waals surface area contributed by atoms with Gasteiger partial charge in [0.1, 0.15) is 5.76 Å². The number of halogens is 1. The average molecular weight is 354 g/mol. The van der Waals surface area contributed by atoms with Gasteiger partial charge < -0.3 is 9.73 Å². The van der Waals surface area contributed by atoms with Crippen molar-refractivity contribution >= 4 is 28.3 Å².